The predicted octanol–water partition coefficient (Wildman–Crippen LogP) is 5.46. The van der Waals surface area contributed by atoms with Crippen LogP contribution in [0, 0.1) is 11.3 Å². The van der Waals surface area contributed by atoms with E-state index in [9.17, 15) is 4.79 Å². The topological polar surface area (TPSA) is 74.0 Å². The summed E-state index contributed by atoms with van der Waals surface area (Å²) in [6.45, 7) is 2.13. The number of aromatic amines is 1. The zero-order valence-electron chi connectivity index (χ0n) is 19.3. The molecule has 0 spiro atoms. The molecule has 172 valence electrons. The highest BCUT2D eigenvalue weighted by Crippen LogP contribution is 2.34. The largest absolute Gasteiger partial charge is 0.497 e. The van der Waals surface area contributed by atoms with E-state index in [2.05, 4.69) is 46.1 Å². The average Bonchev–Trinajstić information content (AvgIpc) is 3.47. The van der Waals surface area contributed by atoms with Gasteiger partial charge in [0.05, 0.1) is 19.6 Å². The van der Waals surface area contributed by atoms with Gasteiger partial charge in [0.25, 0.3) is 0 Å². The number of likely N-dealkylation sites (tertiary alicyclic amines) is 1. The van der Waals surface area contributed by atoms with Crippen LogP contribution in [0.4, 0.5) is 0 Å². The standard InChI is InChI=1S/C28H28N4O2/c1-34-22-8-9-26-24(17-22)25(18-30-26)20-11-15-31(16-12-20)28(33)10-7-21-19-32(14-4-13-29)27-6-3-2-5-23(21)27/h2-3,5-10,17-20,30H,4,11-12,14-16H2,1H3/b10-7+. The molecule has 2 aromatic heterocycles. The minimum Gasteiger partial charge on any atom is -0.497 e. The van der Waals surface area contributed by atoms with Crippen LogP contribution in [-0.2, 0) is 11.3 Å². The molecular weight excluding hydrogens is 424 g/mol. The molecular formula is C28H28N4O2. The second-order valence-corrected chi connectivity index (χ2v) is 8.79. The summed E-state index contributed by atoms with van der Waals surface area (Å²) in [5.74, 6) is 1.33. The lowest BCUT2D eigenvalue weighted by atomic mass is 9.89. The van der Waals surface area contributed by atoms with Crippen molar-refractivity contribution in [2.45, 2.75) is 31.7 Å². The summed E-state index contributed by atoms with van der Waals surface area (Å²) in [6, 6.07) is 16.4. The number of rotatable bonds is 6. The molecule has 0 unspecified atom stereocenters. The summed E-state index contributed by atoms with van der Waals surface area (Å²) in [4.78, 5) is 18.3. The van der Waals surface area contributed by atoms with Crippen molar-refractivity contribution in [3.05, 3.63) is 72.1 Å². The van der Waals surface area contributed by atoms with E-state index < -0.39 is 0 Å². The van der Waals surface area contributed by atoms with Crippen molar-refractivity contribution in [1.82, 2.24) is 14.5 Å². The van der Waals surface area contributed by atoms with Crippen molar-refractivity contribution in [2.24, 2.45) is 0 Å². The Morgan fingerprint density at radius 2 is 2.03 bits per heavy atom. The number of amides is 1. The molecule has 0 saturated carbocycles. The Morgan fingerprint density at radius 1 is 1.21 bits per heavy atom. The number of carbonyl (C=O) groups is 1. The number of aryl methyl sites for hydroxylation is 1. The van der Waals surface area contributed by atoms with Crippen molar-refractivity contribution < 1.29 is 9.53 Å². The first-order valence-corrected chi connectivity index (χ1v) is 11.7. The van der Waals surface area contributed by atoms with Crippen LogP contribution >= 0.6 is 0 Å². The van der Waals surface area contributed by atoms with Crippen LogP contribution in [0.5, 0.6) is 5.75 Å². The summed E-state index contributed by atoms with van der Waals surface area (Å²) in [5, 5.41) is 11.2. The van der Waals surface area contributed by atoms with E-state index in [1.165, 1.54) is 10.9 Å². The Hall–Kier alpha value is -3.98. The maximum atomic E-state index is 12.9. The normalized spacial score (nSPS) is 14.8. The molecule has 3 heterocycles. The third kappa shape index (κ3) is 4.17. The molecule has 1 N–H and O–H groups in total. The number of methoxy groups -OCH3 is 1. The molecule has 0 bridgehead atoms. The van der Waals surface area contributed by atoms with E-state index in [0.717, 1.165) is 53.7 Å². The van der Waals surface area contributed by atoms with E-state index in [1.807, 2.05) is 35.4 Å². The zero-order valence-corrected chi connectivity index (χ0v) is 19.3. The number of nitrogens with one attached hydrogen (secondary N) is 1. The zero-order chi connectivity index (χ0) is 23.5. The second-order valence-electron chi connectivity index (χ2n) is 8.79. The Bertz CT molecular complexity index is 1400. The summed E-state index contributed by atoms with van der Waals surface area (Å²) < 4.78 is 7.49. The lowest BCUT2D eigenvalue weighted by Crippen LogP contribution is -2.36. The Labute approximate surface area is 199 Å². The lowest BCUT2D eigenvalue weighted by Gasteiger charge is -2.31. The van der Waals surface area contributed by atoms with Gasteiger partial charge in [-0.25, -0.2) is 0 Å². The number of ether oxygens (including phenoxy) is 1. The van der Waals surface area contributed by atoms with Crippen LogP contribution in [0.15, 0.2) is 60.9 Å². The molecule has 1 fully saturated rings. The molecule has 1 aliphatic heterocycles. The Kier molecular flexibility index (Phi) is 6.09. The van der Waals surface area contributed by atoms with Gasteiger partial charge >= 0.3 is 0 Å². The summed E-state index contributed by atoms with van der Waals surface area (Å²) in [5.41, 5.74) is 4.51. The minimum atomic E-state index is 0.0490. The van der Waals surface area contributed by atoms with Gasteiger partial charge in [-0.3, -0.25) is 4.79 Å². The van der Waals surface area contributed by atoms with Crippen LogP contribution in [-0.4, -0.2) is 40.6 Å². The molecule has 5 rings (SSSR count). The number of hydrogen-bond donors (Lipinski definition) is 1. The highest BCUT2D eigenvalue weighted by molar-refractivity contribution is 5.96. The molecule has 0 aliphatic carbocycles. The van der Waals surface area contributed by atoms with Crippen LogP contribution in [0.1, 0.15) is 36.3 Å². The Balaban J connectivity index is 1.27. The van der Waals surface area contributed by atoms with E-state index >= 15 is 0 Å². The van der Waals surface area contributed by atoms with Crippen LogP contribution in [0.2, 0.25) is 0 Å². The van der Waals surface area contributed by atoms with Gasteiger partial charge in [0.1, 0.15) is 5.75 Å². The average molecular weight is 453 g/mol. The fraction of sp³-hybridized carbons (Fsp3) is 0.286. The van der Waals surface area contributed by atoms with Crippen LogP contribution in [0.3, 0.4) is 0 Å². The number of nitrogens with zero attached hydrogens (tertiary/aromatic N) is 3. The molecule has 6 nitrogen and oxygen atoms in total. The summed E-state index contributed by atoms with van der Waals surface area (Å²) >= 11 is 0. The third-order valence-corrected chi connectivity index (χ3v) is 6.86. The number of aromatic nitrogens is 2. The van der Waals surface area contributed by atoms with Gasteiger partial charge in [0.15, 0.2) is 0 Å². The fourth-order valence-electron chi connectivity index (χ4n) is 5.03. The summed E-state index contributed by atoms with van der Waals surface area (Å²) in [6.07, 6.45) is 10.1. The van der Waals surface area contributed by atoms with E-state index in [1.54, 1.807) is 13.2 Å². The highest BCUT2D eigenvalue weighted by Gasteiger charge is 2.24. The quantitative estimate of drug-likeness (QED) is 0.395. The number of nitriles is 1. The third-order valence-electron chi connectivity index (χ3n) is 6.86. The van der Waals surface area contributed by atoms with Gasteiger partial charge < -0.3 is 19.2 Å². The number of carbonyl (C=O) groups excluding carboxylic acids is 1. The lowest BCUT2D eigenvalue weighted by molar-refractivity contribution is -0.126. The van der Waals surface area contributed by atoms with Crippen molar-refractivity contribution in [1.29, 1.82) is 5.26 Å². The Morgan fingerprint density at radius 3 is 2.82 bits per heavy atom. The van der Waals surface area contributed by atoms with E-state index in [0.29, 0.717) is 18.9 Å². The van der Waals surface area contributed by atoms with Crippen LogP contribution < -0.4 is 4.74 Å². The van der Waals surface area contributed by atoms with Gasteiger partial charge in [0, 0.05) is 65.5 Å². The van der Waals surface area contributed by atoms with Crippen molar-refractivity contribution >= 4 is 33.8 Å². The van der Waals surface area contributed by atoms with Gasteiger partial charge in [0.2, 0.25) is 5.91 Å². The van der Waals surface area contributed by atoms with Gasteiger partial charge in [-0.15, -0.1) is 0 Å². The number of fused-ring (bicyclic) bond motifs is 2. The molecule has 1 aliphatic rings. The number of hydrogen-bond acceptors (Lipinski definition) is 3. The number of piperidine rings is 1. The number of H-pyrrole nitrogens is 1. The molecule has 0 atom stereocenters. The van der Waals surface area contributed by atoms with Gasteiger partial charge in [-0.2, -0.15) is 5.26 Å². The van der Waals surface area contributed by atoms with Crippen molar-refractivity contribution in [2.75, 3.05) is 20.2 Å². The molecule has 1 saturated heterocycles. The van der Waals surface area contributed by atoms with Crippen LogP contribution in [0.25, 0.3) is 27.9 Å². The highest BCUT2D eigenvalue weighted by atomic mass is 16.5. The SMILES string of the molecule is COc1ccc2[nH]cc(C3CCN(C(=O)/C=C/c4cn(CCC#N)c5ccccc45)CC3)c2c1. The first-order valence-electron chi connectivity index (χ1n) is 11.7. The molecule has 34 heavy (non-hydrogen) atoms. The molecule has 0 radical (unpaired) electrons. The maximum absolute atomic E-state index is 12.9. The molecule has 4 aromatic rings. The molecule has 1 amide bonds. The maximum Gasteiger partial charge on any atom is 0.246 e. The van der Waals surface area contributed by atoms with E-state index in [4.69, 9.17) is 10.00 Å². The number of benzene rings is 2. The first-order chi connectivity index (χ1) is 16.7. The van der Waals surface area contributed by atoms with Gasteiger partial charge in [-0.05, 0) is 54.7 Å². The fourth-order valence-corrected chi connectivity index (χ4v) is 5.03. The second kappa shape index (κ2) is 9.48. The predicted molar refractivity (Wildman–Crippen MR) is 135 cm³/mol. The first kappa shape index (κ1) is 21.8. The monoisotopic (exact) mass is 452 g/mol. The smallest absolute Gasteiger partial charge is 0.246 e. The minimum absolute atomic E-state index is 0.0490. The van der Waals surface area contributed by atoms with Gasteiger partial charge in [-0.1, -0.05) is 18.2 Å². The summed E-state index contributed by atoms with van der Waals surface area (Å²) in [7, 11) is 1.69. The van der Waals surface area contributed by atoms with E-state index in [-0.39, 0.29) is 5.91 Å². The molecule has 6 heteroatoms. The molecule has 2 aromatic carbocycles. The van der Waals surface area contributed by atoms with Crippen molar-refractivity contribution in [3.63, 3.8) is 0 Å². The number of para-hydroxylation sites is 1. The van der Waals surface area contributed by atoms with Crippen molar-refractivity contribution in [3.8, 4) is 11.8 Å².